The van der Waals surface area contributed by atoms with E-state index in [1.54, 1.807) is 18.2 Å². The van der Waals surface area contributed by atoms with E-state index in [1.807, 2.05) is 6.07 Å². The van der Waals surface area contributed by atoms with Crippen molar-refractivity contribution in [2.24, 2.45) is 0 Å². The number of hydrogen-bond donors (Lipinski definition) is 0. The smallest absolute Gasteiger partial charge is 0.228 e. The minimum Gasteiger partial charge on any atom is -0.492 e. The first kappa shape index (κ1) is 30.6. The lowest BCUT2D eigenvalue weighted by molar-refractivity contribution is 0.0902. The highest BCUT2D eigenvalue weighted by molar-refractivity contribution is 7.95. The standard InChI is InChI=1S/C39H42O3P/c1-42-39-36(37(40)34-27-18-19-28-35(34)38(39)41)29-17-6-4-2-3-5-7-20-30-43(31-21-11-8-12-22-31,32-23-13-9-14-24-32)33-25-15-10-16-26-33/h8-16,18-19,21-28H,2-7,17,20,29-30H2,1H3/q+1. The van der Waals surface area contributed by atoms with E-state index in [2.05, 4.69) is 91.0 Å². The fourth-order valence-electron chi connectivity index (χ4n) is 6.44. The van der Waals surface area contributed by atoms with Crippen molar-refractivity contribution in [3.05, 3.63) is 138 Å². The maximum absolute atomic E-state index is 13.1. The van der Waals surface area contributed by atoms with Crippen LogP contribution in [0, 0.1) is 0 Å². The van der Waals surface area contributed by atoms with Crippen molar-refractivity contribution in [1.29, 1.82) is 0 Å². The first-order valence-corrected chi connectivity index (χ1v) is 17.6. The molecule has 4 aromatic carbocycles. The quantitative estimate of drug-likeness (QED) is 0.103. The Balaban J connectivity index is 1.11. The van der Waals surface area contributed by atoms with Gasteiger partial charge < -0.3 is 4.74 Å². The number of rotatable bonds is 15. The van der Waals surface area contributed by atoms with Crippen LogP contribution in [-0.2, 0) is 4.74 Å². The minimum atomic E-state index is -1.74. The highest BCUT2D eigenvalue weighted by atomic mass is 31.2. The number of carbonyl (C=O) groups excluding carboxylic acids is 2. The minimum absolute atomic E-state index is 0.0625. The molecular weight excluding hydrogens is 547 g/mol. The monoisotopic (exact) mass is 589 g/mol. The normalized spacial score (nSPS) is 13.2. The van der Waals surface area contributed by atoms with Gasteiger partial charge >= 0.3 is 0 Å². The predicted molar refractivity (Wildman–Crippen MR) is 181 cm³/mol. The van der Waals surface area contributed by atoms with Crippen LogP contribution >= 0.6 is 7.26 Å². The Morgan fingerprint density at radius 1 is 0.488 bits per heavy atom. The number of fused-ring (bicyclic) bond motifs is 1. The summed E-state index contributed by atoms with van der Waals surface area (Å²) in [6.07, 6.45) is 10.9. The van der Waals surface area contributed by atoms with Crippen molar-refractivity contribution >= 4 is 34.7 Å². The second kappa shape index (κ2) is 15.1. The van der Waals surface area contributed by atoms with Crippen LogP contribution in [0.2, 0.25) is 0 Å². The number of ketones is 2. The SMILES string of the molecule is COC1=C(CCCCCCCCCC[P+](c2ccccc2)(c2ccccc2)c2ccccc2)C(=O)c2ccccc2C1=O. The Bertz CT molecular complexity index is 1430. The average molecular weight is 590 g/mol. The summed E-state index contributed by atoms with van der Waals surface area (Å²) in [7, 11) is -0.255. The summed E-state index contributed by atoms with van der Waals surface area (Å²) in [5.74, 6) is -0.0115. The van der Waals surface area contributed by atoms with Crippen molar-refractivity contribution < 1.29 is 14.3 Å². The Hall–Kier alpha value is -3.81. The summed E-state index contributed by atoms with van der Waals surface area (Å²) in [5, 5.41) is 4.38. The summed E-state index contributed by atoms with van der Waals surface area (Å²) < 4.78 is 5.40. The van der Waals surface area contributed by atoms with Gasteiger partial charge in [-0.2, -0.15) is 0 Å². The van der Waals surface area contributed by atoms with Crippen LogP contribution in [0.15, 0.2) is 127 Å². The van der Waals surface area contributed by atoms with E-state index in [0.29, 0.717) is 23.1 Å². The third kappa shape index (κ3) is 6.89. The van der Waals surface area contributed by atoms with Gasteiger partial charge in [0.2, 0.25) is 5.78 Å². The van der Waals surface area contributed by atoms with Crippen molar-refractivity contribution in [3.8, 4) is 0 Å². The fourth-order valence-corrected chi connectivity index (χ4v) is 10.9. The molecule has 4 aromatic rings. The number of unbranched alkanes of at least 4 members (excludes halogenated alkanes) is 7. The number of carbonyl (C=O) groups is 2. The molecular formula is C39H42O3P+. The van der Waals surface area contributed by atoms with Gasteiger partial charge in [0, 0.05) is 16.7 Å². The third-order valence-electron chi connectivity index (χ3n) is 8.64. The fraction of sp³-hybridized carbons (Fsp3) is 0.282. The highest BCUT2D eigenvalue weighted by Gasteiger charge is 2.44. The molecule has 0 radical (unpaired) electrons. The molecule has 0 aliphatic heterocycles. The number of allylic oxidation sites excluding steroid dienone is 2. The van der Waals surface area contributed by atoms with Crippen molar-refractivity contribution in [3.63, 3.8) is 0 Å². The Morgan fingerprint density at radius 3 is 1.35 bits per heavy atom. The van der Waals surface area contributed by atoms with E-state index in [4.69, 9.17) is 4.74 Å². The van der Waals surface area contributed by atoms with Gasteiger partial charge in [-0.05, 0) is 62.1 Å². The van der Waals surface area contributed by atoms with Gasteiger partial charge in [-0.15, -0.1) is 0 Å². The lowest BCUT2D eigenvalue weighted by Gasteiger charge is -2.27. The van der Waals surface area contributed by atoms with Crippen molar-refractivity contribution in [1.82, 2.24) is 0 Å². The lowest BCUT2D eigenvalue weighted by atomic mass is 9.86. The van der Waals surface area contributed by atoms with Crippen molar-refractivity contribution in [2.45, 2.75) is 57.8 Å². The van der Waals surface area contributed by atoms with Crippen LogP contribution in [0.4, 0.5) is 0 Å². The van der Waals surface area contributed by atoms with E-state index in [0.717, 1.165) is 19.3 Å². The predicted octanol–water partition coefficient (Wildman–Crippen LogP) is 8.47. The topological polar surface area (TPSA) is 43.4 Å². The van der Waals surface area contributed by atoms with Crippen LogP contribution in [0.5, 0.6) is 0 Å². The van der Waals surface area contributed by atoms with Crippen LogP contribution < -0.4 is 15.9 Å². The number of methoxy groups -OCH3 is 1. The second-order valence-electron chi connectivity index (χ2n) is 11.3. The first-order chi connectivity index (χ1) is 21.2. The van der Waals surface area contributed by atoms with E-state index in [1.165, 1.54) is 61.3 Å². The molecule has 5 rings (SSSR count). The summed E-state index contributed by atoms with van der Waals surface area (Å²) in [4.78, 5) is 25.9. The van der Waals surface area contributed by atoms with Gasteiger partial charge in [-0.1, -0.05) is 111 Å². The zero-order chi connectivity index (χ0) is 29.9. The van der Waals surface area contributed by atoms with Crippen LogP contribution in [-0.4, -0.2) is 24.8 Å². The summed E-state index contributed by atoms with van der Waals surface area (Å²) >= 11 is 0. The Labute approximate surface area is 257 Å². The molecule has 0 bridgehead atoms. The molecule has 3 nitrogen and oxygen atoms in total. The van der Waals surface area contributed by atoms with E-state index < -0.39 is 7.26 Å². The lowest BCUT2D eigenvalue weighted by Crippen LogP contribution is -2.33. The van der Waals surface area contributed by atoms with Gasteiger partial charge in [-0.3, -0.25) is 9.59 Å². The number of hydrogen-bond acceptors (Lipinski definition) is 3. The van der Waals surface area contributed by atoms with Crippen LogP contribution in [0.25, 0.3) is 0 Å². The molecule has 0 heterocycles. The zero-order valence-corrected chi connectivity index (χ0v) is 26.1. The Kier molecular flexibility index (Phi) is 10.7. The van der Waals surface area contributed by atoms with Gasteiger partial charge in [-0.25, -0.2) is 0 Å². The third-order valence-corrected chi connectivity index (χ3v) is 13.2. The Morgan fingerprint density at radius 2 is 0.884 bits per heavy atom. The maximum atomic E-state index is 13.1. The molecule has 0 spiro atoms. The molecule has 0 saturated heterocycles. The molecule has 0 amide bonds. The summed E-state index contributed by atoms with van der Waals surface area (Å²) in [6, 6.07) is 40.5. The molecule has 43 heavy (non-hydrogen) atoms. The van der Waals surface area contributed by atoms with E-state index in [9.17, 15) is 9.59 Å². The van der Waals surface area contributed by atoms with Gasteiger partial charge in [0.15, 0.2) is 11.5 Å². The number of benzene rings is 4. The molecule has 0 fully saturated rings. The molecule has 1 aliphatic carbocycles. The number of Topliss-reactive ketones (excluding diaryl/α,β-unsaturated/α-hetero) is 2. The number of ether oxygens (including phenoxy) is 1. The van der Waals surface area contributed by atoms with Crippen LogP contribution in [0.3, 0.4) is 0 Å². The molecule has 220 valence electrons. The second-order valence-corrected chi connectivity index (χ2v) is 14.9. The molecule has 4 heteroatoms. The van der Waals surface area contributed by atoms with E-state index >= 15 is 0 Å². The molecule has 0 unspecified atom stereocenters. The molecule has 1 aliphatic rings. The maximum Gasteiger partial charge on any atom is 0.228 e. The molecule has 0 atom stereocenters. The highest BCUT2D eigenvalue weighted by Crippen LogP contribution is 2.56. The van der Waals surface area contributed by atoms with E-state index in [-0.39, 0.29) is 17.3 Å². The zero-order valence-electron chi connectivity index (χ0n) is 25.2. The average Bonchev–Trinajstić information content (AvgIpc) is 3.07. The van der Waals surface area contributed by atoms with Gasteiger partial charge in [0.05, 0.1) is 13.3 Å². The molecule has 0 N–H and O–H groups in total. The van der Waals surface area contributed by atoms with Gasteiger partial charge in [0.1, 0.15) is 23.2 Å². The first-order valence-electron chi connectivity index (χ1n) is 15.7. The van der Waals surface area contributed by atoms with Crippen LogP contribution in [0.1, 0.15) is 78.5 Å². The molecule has 0 saturated carbocycles. The van der Waals surface area contributed by atoms with Crippen molar-refractivity contribution in [2.75, 3.05) is 13.3 Å². The molecule has 0 aromatic heterocycles. The summed E-state index contributed by atoms with van der Waals surface area (Å²) in [5.41, 5.74) is 1.48. The van der Waals surface area contributed by atoms with Gasteiger partial charge in [0.25, 0.3) is 0 Å². The summed E-state index contributed by atoms with van der Waals surface area (Å²) in [6.45, 7) is 0. The largest absolute Gasteiger partial charge is 0.492 e.